The van der Waals surface area contributed by atoms with Crippen LogP contribution in [-0.4, -0.2) is 41.4 Å². The minimum atomic E-state index is -0.378. The van der Waals surface area contributed by atoms with Crippen molar-refractivity contribution in [1.29, 1.82) is 0 Å². The molecule has 8 heteroatoms. The fraction of sp³-hybridized carbons (Fsp3) is 0.476. The molecule has 1 aromatic heterocycles. The van der Waals surface area contributed by atoms with Gasteiger partial charge in [-0.05, 0) is 69.8 Å². The van der Waals surface area contributed by atoms with Crippen LogP contribution in [0.5, 0.6) is 0 Å². The Balaban J connectivity index is 0.00000240. The predicted molar refractivity (Wildman–Crippen MR) is 113 cm³/mol. The number of nitrogens with zero attached hydrogens (tertiary/aromatic N) is 2. The normalized spacial score (nSPS) is 19.3. The van der Waals surface area contributed by atoms with Gasteiger partial charge in [0.05, 0.1) is 24.2 Å². The molecule has 2 aliphatic rings. The van der Waals surface area contributed by atoms with Crippen LogP contribution in [0.15, 0.2) is 30.5 Å². The summed E-state index contributed by atoms with van der Waals surface area (Å²) in [4.78, 5) is 24.7. The van der Waals surface area contributed by atoms with Gasteiger partial charge in [-0.1, -0.05) is 6.07 Å². The van der Waals surface area contributed by atoms with Crippen molar-refractivity contribution < 1.29 is 14.3 Å². The molecule has 2 N–H and O–H groups in total. The zero-order chi connectivity index (χ0) is 19.7. The number of carbonyl (C=O) groups excluding carboxylic acids is 2. The number of anilines is 1. The molecule has 1 atom stereocenters. The summed E-state index contributed by atoms with van der Waals surface area (Å²) < 4.78 is 6.76. The molecule has 0 radical (unpaired) electrons. The summed E-state index contributed by atoms with van der Waals surface area (Å²) in [5.74, 6) is -0.166. The Morgan fingerprint density at radius 1 is 1.34 bits per heavy atom. The lowest BCUT2D eigenvalue weighted by molar-refractivity contribution is -0.118. The summed E-state index contributed by atoms with van der Waals surface area (Å²) in [6.45, 7) is 5.93. The van der Waals surface area contributed by atoms with Crippen LogP contribution in [0, 0.1) is 18.3 Å². The van der Waals surface area contributed by atoms with Crippen LogP contribution in [0.2, 0.25) is 0 Å². The molecule has 7 nitrogen and oxygen atoms in total. The van der Waals surface area contributed by atoms with E-state index in [2.05, 4.69) is 15.7 Å². The second kappa shape index (κ2) is 8.55. The van der Waals surface area contributed by atoms with E-state index in [4.69, 9.17) is 4.74 Å². The van der Waals surface area contributed by atoms with Crippen molar-refractivity contribution in [1.82, 2.24) is 15.1 Å². The van der Waals surface area contributed by atoms with E-state index in [0.29, 0.717) is 17.9 Å². The van der Waals surface area contributed by atoms with E-state index in [0.717, 1.165) is 43.7 Å². The van der Waals surface area contributed by atoms with Gasteiger partial charge in [-0.2, -0.15) is 5.10 Å². The van der Waals surface area contributed by atoms with Crippen molar-refractivity contribution in [2.45, 2.75) is 33.1 Å². The van der Waals surface area contributed by atoms with Crippen LogP contribution < -0.4 is 10.6 Å². The number of nitrogens with one attached hydrogen (secondary N) is 2. The van der Waals surface area contributed by atoms with E-state index in [1.54, 1.807) is 11.6 Å². The number of hydrogen-bond acceptors (Lipinski definition) is 5. The molecule has 2 aromatic rings. The molecule has 0 bridgehead atoms. The molecule has 1 saturated heterocycles. The average Bonchev–Trinajstić information content (AvgIpc) is 3.23. The highest BCUT2D eigenvalue weighted by Gasteiger charge is 2.57. The van der Waals surface area contributed by atoms with Gasteiger partial charge >= 0.3 is 5.97 Å². The lowest BCUT2D eigenvalue weighted by atomic mass is 9.92. The van der Waals surface area contributed by atoms with Gasteiger partial charge < -0.3 is 15.4 Å². The van der Waals surface area contributed by atoms with Gasteiger partial charge in [-0.25, -0.2) is 9.48 Å². The first kappa shape index (κ1) is 21.3. The summed E-state index contributed by atoms with van der Waals surface area (Å²) in [5.41, 5.74) is 2.89. The van der Waals surface area contributed by atoms with Gasteiger partial charge in [-0.3, -0.25) is 4.79 Å². The maximum atomic E-state index is 12.7. The quantitative estimate of drug-likeness (QED) is 0.729. The molecule has 29 heavy (non-hydrogen) atoms. The molecule has 1 amide bonds. The number of esters is 1. The molecule has 1 unspecified atom stereocenters. The number of piperidine rings is 1. The fourth-order valence-electron chi connectivity index (χ4n) is 4.22. The number of carbonyl (C=O) groups is 2. The lowest BCUT2D eigenvalue weighted by Crippen LogP contribution is -2.31. The Kier molecular flexibility index (Phi) is 6.29. The van der Waals surface area contributed by atoms with E-state index in [-0.39, 0.29) is 35.6 Å². The Morgan fingerprint density at radius 3 is 2.83 bits per heavy atom. The number of hydrogen-bond donors (Lipinski definition) is 2. The van der Waals surface area contributed by atoms with Crippen LogP contribution in [0.3, 0.4) is 0 Å². The number of rotatable bonds is 5. The van der Waals surface area contributed by atoms with E-state index < -0.39 is 0 Å². The molecule has 1 spiro atoms. The standard InChI is InChI=1S/C21H26N4O3.ClH/c1-3-28-20(27)17-13-23-25(14(17)2)16-6-4-5-15(11-16)24-19(26)18-12-21(18)7-9-22-10-8-21;/h4-6,11,13,18,22H,3,7-10,12H2,1-2H3,(H,24,26);1H. The molecule has 1 saturated carbocycles. The minimum absolute atomic E-state index is 0. The molecule has 2 heterocycles. The van der Waals surface area contributed by atoms with E-state index in [1.165, 1.54) is 6.20 Å². The Bertz CT molecular complexity index is 905. The van der Waals surface area contributed by atoms with Crippen molar-refractivity contribution in [3.05, 3.63) is 41.7 Å². The van der Waals surface area contributed by atoms with Gasteiger partial charge in [0.15, 0.2) is 0 Å². The molecule has 1 aromatic carbocycles. The number of aromatic nitrogens is 2. The summed E-state index contributed by atoms with van der Waals surface area (Å²) in [7, 11) is 0. The lowest BCUT2D eigenvalue weighted by Gasteiger charge is -2.23. The highest BCUT2D eigenvalue weighted by molar-refractivity contribution is 5.95. The van der Waals surface area contributed by atoms with Crippen LogP contribution >= 0.6 is 12.4 Å². The van der Waals surface area contributed by atoms with Crippen LogP contribution in [-0.2, 0) is 9.53 Å². The first-order valence-electron chi connectivity index (χ1n) is 9.88. The number of amides is 1. The monoisotopic (exact) mass is 418 g/mol. The van der Waals surface area contributed by atoms with Gasteiger partial charge in [0.25, 0.3) is 0 Å². The largest absolute Gasteiger partial charge is 0.462 e. The highest BCUT2D eigenvalue weighted by Crippen LogP contribution is 2.58. The number of ether oxygens (including phenoxy) is 1. The fourth-order valence-corrected chi connectivity index (χ4v) is 4.22. The summed E-state index contributed by atoms with van der Waals surface area (Å²) in [6, 6.07) is 7.54. The molecular weight excluding hydrogens is 392 g/mol. The molecule has 156 valence electrons. The number of benzene rings is 1. The summed E-state index contributed by atoms with van der Waals surface area (Å²) in [5, 5.41) is 10.7. The molecule has 4 rings (SSSR count). The Labute approximate surface area is 176 Å². The van der Waals surface area contributed by atoms with Crippen molar-refractivity contribution in [3.63, 3.8) is 0 Å². The Morgan fingerprint density at radius 2 is 2.10 bits per heavy atom. The first-order valence-corrected chi connectivity index (χ1v) is 9.88. The van der Waals surface area contributed by atoms with Crippen LogP contribution in [0.1, 0.15) is 42.2 Å². The van der Waals surface area contributed by atoms with Crippen LogP contribution in [0.4, 0.5) is 5.69 Å². The van der Waals surface area contributed by atoms with Gasteiger partial charge in [0.2, 0.25) is 5.91 Å². The van der Waals surface area contributed by atoms with Crippen molar-refractivity contribution >= 4 is 30.0 Å². The van der Waals surface area contributed by atoms with Gasteiger partial charge in [0.1, 0.15) is 5.56 Å². The number of halogens is 1. The third-order valence-corrected chi connectivity index (χ3v) is 5.97. The average molecular weight is 419 g/mol. The summed E-state index contributed by atoms with van der Waals surface area (Å²) in [6.07, 6.45) is 4.66. The second-order valence-electron chi connectivity index (χ2n) is 7.68. The van der Waals surface area contributed by atoms with Crippen molar-refractivity contribution in [2.75, 3.05) is 25.0 Å². The first-order chi connectivity index (χ1) is 13.5. The maximum Gasteiger partial charge on any atom is 0.341 e. The smallest absolute Gasteiger partial charge is 0.341 e. The predicted octanol–water partition coefficient (Wildman–Crippen LogP) is 3.11. The zero-order valence-electron chi connectivity index (χ0n) is 16.7. The minimum Gasteiger partial charge on any atom is -0.462 e. The second-order valence-corrected chi connectivity index (χ2v) is 7.68. The third-order valence-electron chi connectivity index (χ3n) is 5.97. The molecular formula is C21H27ClN4O3. The molecule has 2 fully saturated rings. The van der Waals surface area contributed by atoms with Crippen molar-refractivity contribution in [3.8, 4) is 5.69 Å². The highest BCUT2D eigenvalue weighted by atomic mass is 35.5. The SMILES string of the molecule is CCOC(=O)c1cnn(-c2cccc(NC(=O)C3CC34CCNCC4)c2)c1C.Cl. The molecule has 1 aliphatic heterocycles. The van der Waals surface area contributed by atoms with Gasteiger partial charge in [0, 0.05) is 11.6 Å². The topological polar surface area (TPSA) is 85.2 Å². The van der Waals surface area contributed by atoms with Gasteiger partial charge in [-0.15, -0.1) is 12.4 Å². The maximum absolute atomic E-state index is 12.7. The summed E-state index contributed by atoms with van der Waals surface area (Å²) >= 11 is 0. The third kappa shape index (κ3) is 4.16. The van der Waals surface area contributed by atoms with E-state index >= 15 is 0 Å². The van der Waals surface area contributed by atoms with E-state index in [9.17, 15) is 9.59 Å². The zero-order valence-corrected chi connectivity index (χ0v) is 17.6. The van der Waals surface area contributed by atoms with Crippen molar-refractivity contribution in [2.24, 2.45) is 11.3 Å². The Hall–Kier alpha value is -2.38. The molecule has 1 aliphatic carbocycles. The van der Waals surface area contributed by atoms with E-state index in [1.807, 2.05) is 31.2 Å². The van der Waals surface area contributed by atoms with Crippen LogP contribution in [0.25, 0.3) is 5.69 Å².